The van der Waals surface area contributed by atoms with E-state index in [4.69, 9.17) is 4.74 Å². The summed E-state index contributed by atoms with van der Waals surface area (Å²) < 4.78 is 5.53. The fourth-order valence-corrected chi connectivity index (χ4v) is 3.02. The van der Waals surface area contributed by atoms with Crippen molar-refractivity contribution in [2.45, 2.75) is 25.4 Å². The fraction of sp³-hybridized carbons (Fsp3) is 0.368. The first-order valence-electron chi connectivity index (χ1n) is 7.78. The Kier molecular flexibility index (Phi) is 4.69. The Bertz CT molecular complexity index is 495. The van der Waals surface area contributed by atoms with Gasteiger partial charge in [0.25, 0.3) is 0 Å². The summed E-state index contributed by atoms with van der Waals surface area (Å²) in [5, 5.41) is 3.81. The highest BCUT2D eigenvalue weighted by Crippen LogP contribution is 2.25. The van der Waals surface area contributed by atoms with Gasteiger partial charge in [0.05, 0.1) is 12.6 Å². The lowest BCUT2D eigenvalue weighted by Crippen LogP contribution is -2.37. The second-order valence-corrected chi connectivity index (χ2v) is 5.83. The van der Waals surface area contributed by atoms with E-state index < -0.39 is 0 Å². The van der Waals surface area contributed by atoms with Crippen LogP contribution in [-0.4, -0.2) is 19.3 Å². The van der Waals surface area contributed by atoms with Gasteiger partial charge in [0.1, 0.15) is 0 Å². The van der Waals surface area contributed by atoms with Gasteiger partial charge in [0, 0.05) is 12.6 Å². The first-order chi connectivity index (χ1) is 10.3. The maximum atomic E-state index is 5.53. The summed E-state index contributed by atoms with van der Waals surface area (Å²) in [7, 11) is 0. The van der Waals surface area contributed by atoms with Gasteiger partial charge in [-0.3, -0.25) is 0 Å². The lowest BCUT2D eigenvalue weighted by Gasteiger charge is -2.27. The van der Waals surface area contributed by atoms with Crippen molar-refractivity contribution in [3.8, 4) is 0 Å². The Hall–Kier alpha value is -1.64. The Morgan fingerprint density at radius 3 is 2.00 bits per heavy atom. The molecule has 1 heterocycles. The predicted octanol–water partition coefficient (Wildman–Crippen LogP) is 3.79. The van der Waals surface area contributed by atoms with E-state index >= 15 is 0 Å². The molecule has 2 unspecified atom stereocenters. The summed E-state index contributed by atoms with van der Waals surface area (Å²) in [5.41, 5.74) is 2.63. The molecule has 1 aliphatic heterocycles. The summed E-state index contributed by atoms with van der Waals surface area (Å²) in [4.78, 5) is 0. The lowest BCUT2D eigenvalue weighted by atomic mass is 9.94. The molecule has 3 rings (SSSR count). The minimum absolute atomic E-state index is 0.239. The number of rotatable bonds is 5. The number of hydrogen-bond acceptors (Lipinski definition) is 2. The third kappa shape index (κ3) is 3.52. The first-order valence-corrected chi connectivity index (χ1v) is 7.78. The van der Waals surface area contributed by atoms with Crippen molar-refractivity contribution >= 4 is 0 Å². The molecular formula is C19H23NO. The lowest BCUT2D eigenvalue weighted by molar-refractivity contribution is 0.177. The van der Waals surface area contributed by atoms with Gasteiger partial charge in [0.15, 0.2) is 0 Å². The molecular weight excluding hydrogens is 258 g/mol. The largest absolute Gasteiger partial charge is 0.381 e. The molecule has 0 bridgehead atoms. The van der Waals surface area contributed by atoms with Gasteiger partial charge in [-0.15, -0.1) is 0 Å². The number of hydrogen-bond donors (Lipinski definition) is 1. The second kappa shape index (κ2) is 6.88. The summed E-state index contributed by atoms with van der Waals surface area (Å²) in [6.45, 7) is 4.06. The van der Waals surface area contributed by atoms with Crippen LogP contribution in [-0.2, 0) is 4.74 Å². The molecule has 2 aromatic carbocycles. The zero-order valence-corrected chi connectivity index (χ0v) is 12.5. The minimum atomic E-state index is 0.239. The summed E-state index contributed by atoms with van der Waals surface area (Å²) in [6.07, 6.45) is 1.16. The van der Waals surface area contributed by atoms with Gasteiger partial charge in [0.2, 0.25) is 0 Å². The molecule has 0 aliphatic carbocycles. The normalized spacial score (nSPS) is 19.8. The molecule has 0 radical (unpaired) electrons. The van der Waals surface area contributed by atoms with Crippen LogP contribution in [0.25, 0.3) is 0 Å². The second-order valence-electron chi connectivity index (χ2n) is 5.83. The van der Waals surface area contributed by atoms with Gasteiger partial charge in [-0.2, -0.15) is 0 Å². The zero-order chi connectivity index (χ0) is 14.5. The molecule has 110 valence electrons. The SMILES string of the molecule is CC(NC(c1ccccc1)c1ccccc1)C1CCOC1. The molecule has 1 aliphatic rings. The highest BCUT2D eigenvalue weighted by molar-refractivity contribution is 5.31. The van der Waals surface area contributed by atoms with Crippen molar-refractivity contribution in [1.82, 2.24) is 5.32 Å². The average Bonchev–Trinajstić information content (AvgIpc) is 3.09. The van der Waals surface area contributed by atoms with Crippen molar-refractivity contribution in [2.24, 2.45) is 5.92 Å². The summed E-state index contributed by atoms with van der Waals surface area (Å²) >= 11 is 0. The van der Waals surface area contributed by atoms with E-state index in [1.54, 1.807) is 0 Å². The van der Waals surface area contributed by atoms with E-state index in [1.165, 1.54) is 11.1 Å². The predicted molar refractivity (Wildman–Crippen MR) is 86.3 cm³/mol. The van der Waals surface area contributed by atoms with Gasteiger partial charge in [-0.25, -0.2) is 0 Å². The molecule has 0 amide bonds. The average molecular weight is 281 g/mol. The third-order valence-electron chi connectivity index (χ3n) is 4.37. The maximum Gasteiger partial charge on any atom is 0.0578 e. The molecule has 1 fully saturated rings. The zero-order valence-electron chi connectivity index (χ0n) is 12.5. The van der Waals surface area contributed by atoms with Crippen LogP contribution in [0, 0.1) is 5.92 Å². The first kappa shape index (κ1) is 14.3. The molecule has 2 nitrogen and oxygen atoms in total. The van der Waals surface area contributed by atoms with E-state index in [9.17, 15) is 0 Å². The van der Waals surface area contributed by atoms with E-state index in [-0.39, 0.29) is 6.04 Å². The Morgan fingerprint density at radius 2 is 1.52 bits per heavy atom. The highest BCUT2D eigenvalue weighted by Gasteiger charge is 2.25. The van der Waals surface area contributed by atoms with Crippen LogP contribution in [0.15, 0.2) is 60.7 Å². The smallest absolute Gasteiger partial charge is 0.0578 e. The third-order valence-corrected chi connectivity index (χ3v) is 4.37. The molecule has 1 N–H and O–H groups in total. The van der Waals surface area contributed by atoms with Crippen molar-refractivity contribution < 1.29 is 4.74 Å². The van der Waals surface area contributed by atoms with E-state index in [0.717, 1.165) is 19.6 Å². The summed E-state index contributed by atoms with van der Waals surface area (Å²) in [5.74, 6) is 0.611. The molecule has 0 saturated carbocycles. The number of nitrogens with one attached hydrogen (secondary N) is 1. The van der Waals surface area contributed by atoms with E-state index in [0.29, 0.717) is 12.0 Å². The quantitative estimate of drug-likeness (QED) is 0.900. The van der Waals surface area contributed by atoms with Gasteiger partial charge in [-0.05, 0) is 30.4 Å². The van der Waals surface area contributed by atoms with Crippen molar-refractivity contribution in [3.05, 3.63) is 71.8 Å². The molecule has 21 heavy (non-hydrogen) atoms. The van der Waals surface area contributed by atoms with Gasteiger partial charge >= 0.3 is 0 Å². The van der Waals surface area contributed by atoms with Crippen LogP contribution in [0.4, 0.5) is 0 Å². The molecule has 2 atom stereocenters. The van der Waals surface area contributed by atoms with E-state index in [2.05, 4.69) is 72.9 Å². The topological polar surface area (TPSA) is 21.3 Å². The van der Waals surface area contributed by atoms with Crippen LogP contribution in [0.5, 0.6) is 0 Å². The van der Waals surface area contributed by atoms with Gasteiger partial charge < -0.3 is 10.1 Å². The van der Waals surface area contributed by atoms with Crippen LogP contribution in [0.2, 0.25) is 0 Å². The highest BCUT2D eigenvalue weighted by atomic mass is 16.5. The minimum Gasteiger partial charge on any atom is -0.381 e. The Balaban J connectivity index is 1.82. The molecule has 2 aromatic rings. The molecule has 0 spiro atoms. The summed E-state index contributed by atoms with van der Waals surface area (Å²) in [6, 6.07) is 22.0. The van der Waals surface area contributed by atoms with Crippen molar-refractivity contribution in [3.63, 3.8) is 0 Å². The van der Waals surface area contributed by atoms with Gasteiger partial charge in [-0.1, -0.05) is 60.7 Å². The van der Waals surface area contributed by atoms with Crippen LogP contribution in [0.1, 0.15) is 30.5 Å². The van der Waals surface area contributed by atoms with Crippen molar-refractivity contribution in [2.75, 3.05) is 13.2 Å². The number of benzene rings is 2. The van der Waals surface area contributed by atoms with Crippen molar-refractivity contribution in [1.29, 1.82) is 0 Å². The fourth-order valence-electron chi connectivity index (χ4n) is 3.02. The number of ether oxygens (including phenoxy) is 1. The molecule has 0 aromatic heterocycles. The maximum absolute atomic E-state index is 5.53. The van der Waals surface area contributed by atoms with Crippen LogP contribution < -0.4 is 5.32 Å². The standard InChI is InChI=1S/C19H23NO/c1-15(18-12-13-21-14-18)20-19(16-8-4-2-5-9-16)17-10-6-3-7-11-17/h2-11,15,18-20H,12-14H2,1H3. The monoisotopic (exact) mass is 281 g/mol. The Labute approximate surface area is 127 Å². The van der Waals surface area contributed by atoms with Crippen LogP contribution in [0.3, 0.4) is 0 Å². The Morgan fingerprint density at radius 1 is 0.952 bits per heavy atom. The molecule has 2 heteroatoms. The van der Waals surface area contributed by atoms with Crippen LogP contribution >= 0.6 is 0 Å². The molecule has 1 saturated heterocycles. The van der Waals surface area contributed by atoms with E-state index in [1.807, 2.05) is 0 Å².